The lowest BCUT2D eigenvalue weighted by molar-refractivity contribution is -0.384. The molecule has 0 radical (unpaired) electrons. The van der Waals surface area contributed by atoms with Crippen LogP contribution in [0, 0.1) is 10.1 Å². The second-order valence-corrected chi connectivity index (χ2v) is 7.21. The zero-order valence-electron chi connectivity index (χ0n) is 14.5. The van der Waals surface area contributed by atoms with Crippen molar-refractivity contribution in [2.75, 3.05) is 0 Å². The van der Waals surface area contributed by atoms with Crippen molar-refractivity contribution in [2.24, 2.45) is 16.0 Å². The number of nitrogens with two attached hydrogens (primary N) is 1. The lowest BCUT2D eigenvalue weighted by atomic mass is 10.1. The molecular weight excluding hydrogens is 414 g/mol. The van der Waals surface area contributed by atoms with Gasteiger partial charge in [-0.3, -0.25) is 20.0 Å². The molecule has 0 atom stereocenters. The summed E-state index contributed by atoms with van der Waals surface area (Å²) in [6.45, 7) is 0. The molecule has 0 aliphatic carbocycles. The van der Waals surface area contributed by atoms with E-state index in [0.717, 1.165) is 14.9 Å². The molecule has 10 nitrogen and oxygen atoms in total. The van der Waals surface area contributed by atoms with E-state index in [-0.39, 0.29) is 22.2 Å². The summed E-state index contributed by atoms with van der Waals surface area (Å²) in [5.74, 6) is 0. The largest absolute Gasteiger partial charge is 0.374 e. The number of azo groups is 1. The van der Waals surface area contributed by atoms with Crippen LogP contribution in [-0.2, 0) is 0 Å². The summed E-state index contributed by atoms with van der Waals surface area (Å²) < 4.78 is 1.89. The quantitative estimate of drug-likeness (QED) is 0.220. The molecule has 0 unspecified atom stereocenters. The fraction of sp³-hybridized carbons (Fsp3) is 0. The molecule has 2 heterocycles. The van der Waals surface area contributed by atoms with Gasteiger partial charge in [-0.25, -0.2) is 4.98 Å². The van der Waals surface area contributed by atoms with E-state index in [4.69, 9.17) is 18.0 Å². The van der Waals surface area contributed by atoms with Gasteiger partial charge in [0, 0.05) is 17.7 Å². The molecule has 0 amide bonds. The maximum absolute atomic E-state index is 12.7. The number of nitro benzene ring substituents is 1. The predicted octanol–water partition coefficient (Wildman–Crippen LogP) is 3.87. The summed E-state index contributed by atoms with van der Waals surface area (Å²) >= 11 is 6.21. The highest BCUT2D eigenvalue weighted by molar-refractivity contribution is 7.80. The van der Waals surface area contributed by atoms with Gasteiger partial charge in [0.05, 0.1) is 20.8 Å². The Morgan fingerprint density at radius 2 is 1.93 bits per heavy atom. The van der Waals surface area contributed by atoms with Gasteiger partial charge in [0.25, 0.3) is 5.69 Å². The zero-order chi connectivity index (χ0) is 20.5. The number of non-ortho nitro benzene ring substituents is 1. The van der Waals surface area contributed by atoms with Gasteiger partial charge in [-0.2, -0.15) is 4.68 Å². The van der Waals surface area contributed by atoms with Crippen molar-refractivity contribution in [3.05, 3.63) is 69.0 Å². The van der Waals surface area contributed by atoms with E-state index in [1.807, 2.05) is 24.3 Å². The number of H-pyrrole nitrogens is 1. The number of aromatic nitrogens is 3. The van der Waals surface area contributed by atoms with Gasteiger partial charge >= 0.3 is 5.56 Å². The average Bonchev–Trinajstić information content (AvgIpc) is 3.27. The molecule has 4 aromatic rings. The van der Waals surface area contributed by atoms with Crippen LogP contribution >= 0.6 is 23.6 Å². The molecule has 12 heteroatoms. The third-order valence-electron chi connectivity index (χ3n) is 3.97. The molecule has 144 valence electrons. The van der Waals surface area contributed by atoms with Gasteiger partial charge in [0.15, 0.2) is 10.8 Å². The number of thiazole rings is 1. The maximum Gasteiger partial charge on any atom is 0.301 e. The van der Waals surface area contributed by atoms with Crippen LogP contribution in [0.4, 0.5) is 16.5 Å². The van der Waals surface area contributed by atoms with Gasteiger partial charge in [0.2, 0.25) is 5.13 Å². The monoisotopic (exact) mass is 425 g/mol. The summed E-state index contributed by atoms with van der Waals surface area (Å²) in [5, 5.41) is 22.0. The Morgan fingerprint density at radius 1 is 1.21 bits per heavy atom. The SMILES string of the molecule is NC(=S)n1[nH]c(-c2ccc([N+](=O)[O-])cc2)c(N=Nc2nc3ccccc3s2)c1=O. The first kappa shape index (κ1) is 18.6. The minimum Gasteiger partial charge on any atom is -0.374 e. The van der Waals surface area contributed by atoms with Crippen LogP contribution in [0.1, 0.15) is 0 Å². The van der Waals surface area contributed by atoms with E-state index in [2.05, 4.69) is 20.3 Å². The Hall–Kier alpha value is -3.77. The second kappa shape index (κ2) is 7.33. The van der Waals surface area contributed by atoms with E-state index in [0.29, 0.717) is 10.7 Å². The van der Waals surface area contributed by atoms with Crippen LogP contribution in [0.2, 0.25) is 0 Å². The number of aromatic amines is 1. The number of thiocarbonyl (C=S) groups is 1. The molecule has 0 aliphatic heterocycles. The van der Waals surface area contributed by atoms with Crippen molar-refractivity contribution in [3.63, 3.8) is 0 Å². The summed E-state index contributed by atoms with van der Waals surface area (Å²) in [4.78, 5) is 27.4. The number of hydrogen-bond donors (Lipinski definition) is 2. The van der Waals surface area contributed by atoms with Crippen LogP contribution in [-0.4, -0.2) is 24.8 Å². The Morgan fingerprint density at radius 3 is 2.59 bits per heavy atom. The van der Waals surface area contributed by atoms with E-state index < -0.39 is 10.5 Å². The molecule has 0 saturated carbocycles. The molecule has 4 rings (SSSR count). The minimum absolute atomic E-state index is 0.0362. The number of hydrogen-bond acceptors (Lipinski definition) is 8. The first-order valence-electron chi connectivity index (χ1n) is 8.11. The first-order valence-corrected chi connectivity index (χ1v) is 9.33. The highest BCUT2D eigenvalue weighted by Crippen LogP contribution is 2.31. The van der Waals surface area contributed by atoms with Crippen LogP contribution < -0.4 is 11.3 Å². The number of benzene rings is 2. The first-order chi connectivity index (χ1) is 13.9. The molecule has 2 aromatic heterocycles. The number of para-hydroxylation sites is 1. The smallest absolute Gasteiger partial charge is 0.301 e. The van der Waals surface area contributed by atoms with Crippen molar-refractivity contribution >= 4 is 55.4 Å². The molecular formula is C17H11N7O3S2. The van der Waals surface area contributed by atoms with Gasteiger partial charge in [-0.15, -0.1) is 10.2 Å². The number of nitrogens with zero attached hydrogens (tertiary/aromatic N) is 5. The van der Waals surface area contributed by atoms with Crippen molar-refractivity contribution < 1.29 is 4.92 Å². The molecule has 2 aromatic carbocycles. The fourth-order valence-electron chi connectivity index (χ4n) is 2.62. The molecule has 29 heavy (non-hydrogen) atoms. The van der Waals surface area contributed by atoms with Crippen LogP contribution in [0.15, 0.2) is 63.6 Å². The van der Waals surface area contributed by atoms with Crippen molar-refractivity contribution in [2.45, 2.75) is 0 Å². The number of nitrogens with one attached hydrogen (secondary N) is 1. The Balaban J connectivity index is 1.80. The van der Waals surface area contributed by atoms with Crippen molar-refractivity contribution in [3.8, 4) is 11.3 Å². The standard InChI is InChI=1S/C17H11N7O3S2/c18-16(28)23-15(25)14(13(22-23)9-5-7-10(8-6-9)24(26)27)20-21-17-19-11-3-1-2-4-12(11)29-17/h1-8,22H,(H2,18,28). The van der Waals surface area contributed by atoms with E-state index >= 15 is 0 Å². The topological polar surface area (TPSA) is 145 Å². The Bertz CT molecular complexity index is 1300. The molecule has 0 aliphatic rings. The number of nitro groups is 1. The van der Waals surface area contributed by atoms with Crippen LogP contribution in [0.5, 0.6) is 0 Å². The average molecular weight is 425 g/mol. The van der Waals surface area contributed by atoms with Crippen LogP contribution in [0.25, 0.3) is 21.5 Å². The lowest BCUT2D eigenvalue weighted by Crippen LogP contribution is -2.29. The molecule has 0 spiro atoms. The zero-order valence-corrected chi connectivity index (χ0v) is 16.1. The molecule has 0 bridgehead atoms. The van der Waals surface area contributed by atoms with E-state index in [1.54, 1.807) is 0 Å². The molecule has 0 fully saturated rings. The van der Waals surface area contributed by atoms with Gasteiger partial charge in [0.1, 0.15) is 0 Å². The predicted molar refractivity (Wildman–Crippen MR) is 113 cm³/mol. The minimum atomic E-state index is -0.587. The van der Waals surface area contributed by atoms with Gasteiger partial charge in [-0.1, -0.05) is 23.5 Å². The summed E-state index contributed by atoms with van der Waals surface area (Å²) in [6.07, 6.45) is 0. The lowest BCUT2D eigenvalue weighted by Gasteiger charge is -1.99. The van der Waals surface area contributed by atoms with E-state index in [1.165, 1.54) is 35.6 Å². The Labute approximate surface area is 171 Å². The highest BCUT2D eigenvalue weighted by Gasteiger charge is 2.18. The third kappa shape index (κ3) is 3.53. The Kier molecular flexibility index (Phi) is 4.70. The number of rotatable bonds is 4. The normalized spacial score (nSPS) is 11.3. The fourth-order valence-corrected chi connectivity index (χ4v) is 3.54. The maximum atomic E-state index is 12.7. The molecule has 0 saturated heterocycles. The highest BCUT2D eigenvalue weighted by atomic mass is 32.1. The summed E-state index contributed by atoms with van der Waals surface area (Å²) in [7, 11) is 0. The van der Waals surface area contributed by atoms with Gasteiger partial charge in [-0.05, 0) is 36.5 Å². The third-order valence-corrected chi connectivity index (χ3v) is 5.07. The second-order valence-electron chi connectivity index (χ2n) is 5.78. The molecule has 3 N–H and O–H groups in total. The summed E-state index contributed by atoms with van der Waals surface area (Å²) in [6, 6.07) is 13.1. The van der Waals surface area contributed by atoms with Crippen molar-refractivity contribution in [1.82, 2.24) is 14.8 Å². The van der Waals surface area contributed by atoms with Crippen molar-refractivity contribution in [1.29, 1.82) is 0 Å². The van der Waals surface area contributed by atoms with Crippen LogP contribution in [0.3, 0.4) is 0 Å². The van der Waals surface area contributed by atoms with Gasteiger partial charge < -0.3 is 5.73 Å². The van der Waals surface area contributed by atoms with E-state index in [9.17, 15) is 14.9 Å². The number of fused-ring (bicyclic) bond motifs is 1. The summed E-state index contributed by atoms with van der Waals surface area (Å²) in [5.41, 5.74) is 6.43.